The van der Waals surface area contributed by atoms with Gasteiger partial charge in [0, 0.05) is 45.3 Å². The monoisotopic (exact) mass is 287 g/mol. The Morgan fingerprint density at radius 3 is 2.43 bits per heavy atom. The number of nitrogens with one attached hydrogen (secondary N) is 1. The van der Waals surface area contributed by atoms with Crippen molar-refractivity contribution in [2.24, 2.45) is 7.05 Å². The zero-order valence-electron chi connectivity index (χ0n) is 13.2. The van der Waals surface area contributed by atoms with Crippen LogP contribution in [-0.4, -0.2) is 34.4 Å². The smallest absolute Gasteiger partial charge is 0.151 e. The Labute approximate surface area is 127 Å². The number of benzene rings is 1. The lowest BCUT2D eigenvalue weighted by Gasteiger charge is -2.21. The van der Waals surface area contributed by atoms with E-state index in [1.54, 1.807) is 11.0 Å². The van der Waals surface area contributed by atoms with Gasteiger partial charge in [-0.25, -0.2) is 4.98 Å². The lowest BCUT2D eigenvalue weighted by atomic mass is 10.2. The first-order valence-corrected chi connectivity index (χ1v) is 7.62. The molecule has 0 unspecified atom stereocenters. The second kappa shape index (κ2) is 7.78. The highest BCUT2D eigenvalue weighted by molar-refractivity contribution is 5.47. The molecule has 0 bridgehead atoms. The van der Waals surface area contributed by atoms with Crippen molar-refractivity contribution in [1.82, 2.24) is 20.1 Å². The number of anilines is 1. The van der Waals surface area contributed by atoms with Crippen LogP contribution >= 0.6 is 0 Å². The van der Waals surface area contributed by atoms with E-state index >= 15 is 0 Å². The van der Waals surface area contributed by atoms with Gasteiger partial charge in [0.05, 0.1) is 0 Å². The van der Waals surface area contributed by atoms with E-state index < -0.39 is 0 Å². The predicted octanol–water partition coefficient (Wildman–Crippen LogP) is 1.99. The summed E-state index contributed by atoms with van der Waals surface area (Å²) in [6, 6.07) is 8.79. The van der Waals surface area contributed by atoms with Crippen molar-refractivity contribution in [3.8, 4) is 0 Å². The Kier molecular flexibility index (Phi) is 5.75. The zero-order valence-corrected chi connectivity index (χ0v) is 13.2. The third-order valence-electron chi connectivity index (χ3n) is 3.57. The van der Waals surface area contributed by atoms with Crippen molar-refractivity contribution in [1.29, 1.82) is 0 Å². The van der Waals surface area contributed by atoms with E-state index in [-0.39, 0.29) is 0 Å². The Balaban J connectivity index is 1.76. The van der Waals surface area contributed by atoms with E-state index in [9.17, 15) is 0 Å². The molecule has 0 radical (unpaired) electrons. The number of rotatable bonds is 8. The first-order valence-electron chi connectivity index (χ1n) is 7.62. The standard InChI is InChI=1S/C16H25N5/c1-4-21(5-2)15-8-6-14(7-9-15)12-17-11-10-16-18-13-20(3)19-16/h6-9,13,17H,4-5,10-12H2,1-3H3. The fraction of sp³-hybridized carbons (Fsp3) is 0.500. The molecule has 0 atom stereocenters. The summed E-state index contributed by atoms with van der Waals surface area (Å²) in [6.07, 6.45) is 2.60. The van der Waals surface area contributed by atoms with Crippen molar-refractivity contribution >= 4 is 5.69 Å². The molecule has 1 N–H and O–H groups in total. The van der Waals surface area contributed by atoms with Crippen LogP contribution in [0.5, 0.6) is 0 Å². The van der Waals surface area contributed by atoms with E-state index in [0.717, 1.165) is 38.4 Å². The van der Waals surface area contributed by atoms with E-state index in [1.165, 1.54) is 11.3 Å². The lowest BCUT2D eigenvalue weighted by molar-refractivity contribution is 0.661. The molecule has 1 aromatic heterocycles. The normalized spacial score (nSPS) is 10.8. The molecule has 0 aliphatic heterocycles. The van der Waals surface area contributed by atoms with Crippen molar-refractivity contribution in [2.75, 3.05) is 24.5 Å². The van der Waals surface area contributed by atoms with Gasteiger partial charge in [0.15, 0.2) is 5.82 Å². The van der Waals surface area contributed by atoms with E-state index in [0.29, 0.717) is 0 Å². The fourth-order valence-electron chi connectivity index (χ4n) is 2.34. The molecule has 2 aromatic rings. The van der Waals surface area contributed by atoms with Gasteiger partial charge in [-0.3, -0.25) is 4.68 Å². The van der Waals surface area contributed by atoms with Gasteiger partial charge in [0.1, 0.15) is 6.33 Å². The summed E-state index contributed by atoms with van der Waals surface area (Å²) in [5.74, 6) is 0.891. The molecule has 114 valence electrons. The molecule has 0 aliphatic rings. The van der Waals surface area contributed by atoms with Crippen LogP contribution in [0, 0.1) is 0 Å². The van der Waals surface area contributed by atoms with Gasteiger partial charge in [-0.2, -0.15) is 5.10 Å². The SMILES string of the molecule is CCN(CC)c1ccc(CNCCc2ncn(C)n2)cc1. The average Bonchev–Trinajstić information content (AvgIpc) is 2.92. The Morgan fingerprint density at radius 2 is 1.86 bits per heavy atom. The Bertz CT molecular complexity index is 528. The summed E-state index contributed by atoms with van der Waals surface area (Å²) in [6.45, 7) is 8.23. The topological polar surface area (TPSA) is 46.0 Å². The zero-order chi connectivity index (χ0) is 15.1. The minimum Gasteiger partial charge on any atom is -0.372 e. The largest absolute Gasteiger partial charge is 0.372 e. The summed E-state index contributed by atoms with van der Waals surface area (Å²) < 4.78 is 1.74. The van der Waals surface area contributed by atoms with Crippen LogP contribution in [0.2, 0.25) is 0 Å². The van der Waals surface area contributed by atoms with Gasteiger partial charge < -0.3 is 10.2 Å². The molecule has 5 nitrogen and oxygen atoms in total. The summed E-state index contributed by atoms with van der Waals surface area (Å²) in [4.78, 5) is 6.57. The molecule has 1 heterocycles. The summed E-state index contributed by atoms with van der Waals surface area (Å²) in [7, 11) is 1.89. The molecule has 21 heavy (non-hydrogen) atoms. The molecule has 0 fully saturated rings. The summed E-state index contributed by atoms with van der Waals surface area (Å²) >= 11 is 0. The van der Waals surface area contributed by atoms with Crippen molar-refractivity contribution in [2.45, 2.75) is 26.8 Å². The number of aromatic nitrogens is 3. The highest BCUT2D eigenvalue weighted by Gasteiger charge is 2.02. The number of hydrogen-bond acceptors (Lipinski definition) is 4. The molecule has 5 heteroatoms. The van der Waals surface area contributed by atoms with E-state index in [2.05, 4.69) is 58.4 Å². The van der Waals surface area contributed by atoms with Crippen LogP contribution in [0.1, 0.15) is 25.2 Å². The number of aryl methyl sites for hydroxylation is 1. The third kappa shape index (κ3) is 4.56. The predicted molar refractivity (Wildman–Crippen MR) is 86.4 cm³/mol. The van der Waals surface area contributed by atoms with Crippen molar-refractivity contribution in [3.63, 3.8) is 0 Å². The first kappa shape index (κ1) is 15.5. The van der Waals surface area contributed by atoms with E-state index in [4.69, 9.17) is 0 Å². The van der Waals surface area contributed by atoms with Crippen LogP contribution in [0.3, 0.4) is 0 Å². The minimum atomic E-state index is 0.859. The van der Waals surface area contributed by atoms with Gasteiger partial charge in [-0.05, 0) is 31.5 Å². The molecular formula is C16H25N5. The lowest BCUT2D eigenvalue weighted by Crippen LogP contribution is -2.22. The highest BCUT2D eigenvalue weighted by Crippen LogP contribution is 2.14. The highest BCUT2D eigenvalue weighted by atomic mass is 15.3. The van der Waals surface area contributed by atoms with Gasteiger partial charge >= 0.3 is 0 Å². The molecule has 0 spiro atoms. The third-order valence-corrected chi connectivity index (χ3v) is 3.57. The average molecular weight is 287 g/mol. The molecule has 1 aromatic carbocycles. The molecule has 0 amide bonds. The van der Waals surface area contributed by atoms with Crippen molar-refractivity contribution in [3.05, 3.63) is 42.0 Å². The molecule has 0 aliphatic carbocycles. The van der Waals surface area contributed by atoms with Crippen LogP contribution in [0.25, 0.3) is 0 Å². The number of nitrogens with zero attached hydrogens (tertiary/aromatic N) is 4. The van der Waals surface area contributed by atoms with Gasteiger partial charge in [0.2, 0.25) is 0 Å². The van der Waals surface area contributed by atoms with Gasteiger partial charge in [-0.15, -0.1) is 0 Å². The molecule has 0 saturated heterocycles. The Morgan fingerprint density at radius 1 is 1.14 bits per heavy atom. The van der Waals surface area contributed by atoms with Crippen LogP contribution in [0.15, 0.2) is 30.6 Å². The van der Waals surface area contributed by atoms with Crippen LogP contribution in [-0.2, 0) is 20.0 Å². The first-order chi connectivity index (χ1) is 10.2. The molecule has 0 saturated carbocycles. The quantitative estimate of drug-likeness (QED) is 0.754. The van der Waals surface area contributed by atoms with Crippen molar-refractivity contribution < 1.29 is 0 Å². The maximum atomic E-state index is 4.27. The minimum absolute atomic E-state index is 0.859. The maximum Gasteiger partial charge on any atom is 0.151 e. The van der Waals surface area contributed by atoms with E-state index in [1.807, 2.05) is 7.05 Å². The van der Waals surface area contributed by atoms with Gasteiger partial charge in [-0.1, -0.05) is 12.1 Å². The molecule has 2 rings (SSSR count). The summed E-state index contributed by atoms with van der Waals surface area (Å²) in [5.41, 5.74) is 2.60. The molecular weight excluding hydrogens is 262 g/mol. The summed E-state index contributed by atoms with van der Waals surface area (Å²) in [5, 5.41) is 7.70. The fourth-order valence-corrected chi connectivity index (χ4v) is 2.34. The van der Waals surface area contributed by atoms with Crippen LogP contribution in [0.4, 0.5) is 5.69 Å². The van der Waals surface area contributed by atoms with Crippen LogP contribution < -0.4 is 10.2 Å². The number of hydrogen-bond donors (Lipinski definition) is 1. The maximum absolute atomic E-state index is 4.27. The Hall–Kier alpha value is -1.88. The second-order valence-electron chi connectivity index (χ2n) is 5.10. The second-order valence-corrected chi connectivity index (χ2v) is 5.10. The van der Waals surface area contributed by atoms with Gasteiger partial charge in [0.25, 0.3) is 0 Å².